The van der Waals surface area contributed by atoms with Crippen LogP contribution in [0, 0.1) is 0 Å². The molecule has 5 heteroatoms. The van der Waals surface area contributed by atoms with Gasteiger partial charge < -0.3 is 0 Å². The van der Waals surface area contributed by atoms with Crippen LogP contribution < -0.4 is 11.3 Å². The number of aromatic nitrogens is 1. The van der Waals surface area contributed by atoms with Crippen molar-refractivity contribution in [2.45, 2.75) is 24.8 Å². The van der Waals surface area contributed by atoms with Crippen LogP contribution in [0.5, 0.6) is 0 Å². The first-order chi connectivity index (χ1) is 8.81. The fraction of sp³-hybridized carbons (Fsp3) is 0.308. The predicted octanol–water partition coefficient (Wildman–Crippen LogP) is 3.03. The van der Waals surface area contributed by atoms with Crippen LogP contribution in [0.25, 0.3) is 0 Å². The zero-order valence-corrected chi connectivity index (χ0v) is 11.3. The minimum Gasteiger partial charge on any atom is -0.271 e. The van der Waals surface area contributed by atoms with Gasteiger partial charge in [0, 0.05) is 22.7 Å². The predicted molar refractivity (Wildman–Crippen MR) is 74.7 cm³/mol. The molecule has 0 fully saturated rings. The van der Waals surface area contributed by atoms with Crippen molar-refractivity contribution in [2.75, 3.05) is 0 Å². The van der Waals surface area contributed by atoms with E-state index in [9.17, 15) is 0 Å². The molecule has 18 heavy (non-hydrogen) atoms. The Hall–Kier alpha value is -0.940. The van der Waals surface area contributed by atoms with Crippen molar-refractivity contribution in [3.63, 3.8) is 0 Å². The number of pyridine rings is 1. The van der Waals surface area contributed by atoms with Crippen molar-refractivity contribution in [1.29, 1.82) is 0 Å². The van der Waals surface area contributed by atoms with Crippen molar-refractivity contribution >= 4 is 22.9 Å². The first-order valence-corrected chi connectivity index (χ1v) is 7.20. The summed E-state index contributed by atoms with van der Waals surface area (Å²) in [5.74, 6) is 6.05. The largest absolute Gasteiger partial charge is 0.271 e. The van der Waals surface area contributed by atoms with Gasteiger partial charge in [0.1, 0.15) is 0 Å². The van der Waals surface area contributed by atoms with Gasteiger partial charge in [0.15, 0.2) is 0 Å². The molecule has 0 bridgehead atoms. The number of halogens is 1. The Morgan fingerprint density at radius 3 is 3.11 bits per heavy atom. The lowest BCUT2D eigenvalue weighted by Gasteiger charge is -2.22. The van der Waals surface area contributed by atoms with Crippen LogP contribution in [0.1, 0.15) is 34.5 Å². The highest BCUT2D eigenvalue weighted by Gasteiger charge is 2.32. The molecule has 2 unspecified atom stereocenters. The van der Waals surface area contributed by atoms with E-state index < -0.39 is 0 Å². The number of hydrazine groups is 1. The highest BCUT2D eigenvalue weighted by molar-refractivity contribution is 7.10. The van der Waals surface area contributed by atoms with E-state index in [-0.39, 0.29) is 6.04 Å². The fourth-order valence-corrected chi connectivity index (χ4v) is 3.97. The Kier molecular flexibility index (Phi) is 3.35. The van der Waals surface area contributed by atoms with E-state index in [2.05, 4.69) is 16.5 Å². The number of hydrogen-bond donors (Lipinski definition) is 2. The van der Waals surface area contributed by atoms with Crippen molar-refractivity contribution < 1.29 is 0 Å². The van der Waals surface area contributed by atoms with E-state index in [4.69, 9.17) is 17.4 Å². The summed E-state index contributed by atoms with van der Waals surface area (Å²) in [6, 6.07) is 6.10. The molecule has 1 aliphatic rings. The Morgan fingerprint density at radius 2 is 2.39 bits per heavy atom. The number of nitrogens with one attached hydrogen (secondary N) is 1. The number of hydrogen-bond acceptors (Lipinski definition) is 4. The Bertz CT molecular complexity index is 555. The van der Waals surface area contributed by atoms with Gasteiger partial charge >= 0.3 is 0 Å². The van der Waals surface area contributed by atoms with E-state index in [1.165, 1.54) is 5.56 Å². The standard InChI is InChI=1S/C13H14ClN3S/c14-10-5-7-18-13(10)12(17-15)9-4-3-8-2-1-6-16-11(8)9/h1-2,5-7,9,12,17H,3-4,15H2. The maximum absolute atomic E-state index is 6.21. The maximum Gasteiger partial charge on any atom is 0.0651 e. The molecule has 2 heterocycles. The van der Waals surface area contributed by atoms with Gasteiger partial charge in [0.2, 0.25) is 0 Å². The van der Waals surface area contributed by atoms with Crippen molar-refractivity contribution in [2.24, 2.45) is 5.84 Å². The van der Waals surface area contributed by atoms with Gasteiger partial charge in [0.25, 0.3) is 0 Å². The summed E-state index contributed by atoms with van der Waals surface area (Å²) in [5.41, 5.74) is 5.40. The van der Waals surface area contributed by atoms with Gasteiger partial charge in [-0.1, -0.05) is 17.7 Å². The van der Waals surface area contributed by atoms with Crippen molar-refractivity contribution in [3.05, 3.63) is 50.9 Å². The summed E-state index contributed by atoms with van der Waals surface area (Å²) >= 11 is 7.85. The Morgan fingerprint density at radius 1 is 1.50 bits per heavy atom. The molecule has 0 aliphatic heterocycles. The first-order valence-electron chi connectivity index (χ1n) is 5.94. The Balaban J connectivity index is 1.98. The average molecular weight is 280 g/mol. The SMILES string of the molecule is NNC(c1sccc1Cl)C1CCc2cccnc21. The van der Waals surface area contributed by atoms with Crippen LogP contribution >= 0.6 is 22.9 Å². The molecule has 0 spiro atoms. The summed E-state index contributed by atoms with van der Waals surface area (Å²) in [6.45, 7) is 0. The van der Waals surface area contributed by atoms with Gasteiger partial charge in [-0.15, -0.1) is 11.3 Å². The minimum absolute atomic E-state index is 0.0497. The lowest BCUT2D eigenvalue weighted by molar-refractivity contribution is 0.453. The molecular formula is C13H14ClN3S. The van der Waals surface area contributed by atoms with E-state index in [1.807, 2.05) is 23.7 Å². The lowest BCUT2D eigenvalue weighted by atomic mass is 9.96. The second kappa shape index (κ2) is 4.97. The molecule has 3 rings (SSSR count). The fourth-order valence-electron chi connectivity index (χ4n) is 2.67. The third-order valence-electron chi connectivity index (χ3n) is 3.51. The molecule has 2 atom stereocenters. The minimum atomic E-state index is 0.0497. The number of fused-ring (bicyclic) bond motifs is 1. The molecule has 94 valence electrons. The van der Waals surface area contributed by atoms with E-state index in [1.54, 1.807) is 11.3 Å². The van der Waals surface area contributed by atoms with Crippen molar-refractivity contribution in [3.8, 4) is 0 Å². The molecule has 0 amide bonds. The molecule has 3 N–H and O–H groups in total. The highest BCUT2D eigenvalue weighted by atomic mass is 35.5. The van der Waals surface area contributed by atoms with Gasteiger partial charge in [0.05, 0.1) is 11.1 Å². The molecule has 0 saturated heterocycles. The van der Waals surface area contributed by atoms with Gasteiger partial charge in [-0.25, -0.2) is 0 Å². The summed E-state index contributed by atoms with van der Waals surface area (Å²) < 4.78 is 0. The van der Waals surface area contributed by atoms with E-state index >= 15 is 0 Å². The number of aryl methyl sites for hydroxylation is 1. The second-order valence-electron chi connectivity index (χ2n) is 4.47. The number of nitrogens with zero attached hydrogens (tertiary/aromatic N) is 1. The molecule has 0 radical (unpaired) electrons. The molecule has 1 aliphatic carbocycles. The highest BCUT2D eigenvalue weighted by Crippen LogP contribution is 2.43. The van der Waals surface area contributed by atoms with Crippen LogP contribution in [0.2, 0.25) is 5.02 Å². The smallest absolute Gasteiger partial charge is 0.0651 e. The Labute approximate surface area is 115 Å². The third kappa shape index (κ3) is 1.95. The van der Waals surface area contributed by atoms with E-state index in [0.717, 1.165) is 28.4 Å². The monoisotopic (exact) mass is 279 g/mol. The average Bonchev–Trinajstić information content (AvgIpc) is 2.99. The topological polar surface area (TPSA) is 50.9 Å². The van der Waals surface area contributed by atoms with Crippen LogP contribution in [0.3, 0.4) is 0 Å². The van der Waals surface area contributed by atoms with Crippen LogP contribution in [-0.4, -0.2) is 4.98 Å². The molecular weight excluding hydrogens is 266 g/mol. The first kappa shape index (κ1) is 12.1. The van der Waals surface area contributed by atoms with Crippen LogP contribution in [0.4, 0.5) is 0 Å². The summed E-state index contributed by atoms with van der Waals surface area (Å²) in [4.78, 5) is 5.61. The summed E-state index contributed by atoms with van der Waals surface area (Å²) in [5, 5.41) is 2.78. The molecule has 0 aromatic carbocycles. The molecule has 0 saturated carbocycles. The van der Waals surface area contributed by atoms with Gasteiger partial charge in [-0.05, 0) is 35.9 Å². The van der Waals surface area contributed by atoms with Crippen LogP contribution in [0.15, 0.2) is 29.8 Å². The maximum atomic E-state index is 6.21. The normalized spacial score (nSPS) is 19.8. The van der Waals surface area contributed by atoms with Gasteiger partial charge in [-0.3, -0.25) is 16.3 Å². The van der Waals surface area contributed by atoms with Crippen molar-refractivity contribution in [1.82, 2.24) is 10.4 Å². The third-order valence-corrected chi connectivity index (χ3v) is 4.95. The van der Waals surface area contributed by atoms with Gasteiger partial charge in [-0.2, -0.15) is 0 Å². The van der Waals surface area contributed by atoms with E-state index in [0.29, 0.717) is 5.92 Å². The number of nitrogens with two attached hydrogens (primary N) is 1. The molecule has 2 aromatic rings. The summed E-state index contributed by atoms with van der Waals surface area (Å²) in [6.07, 6.45) is 3.98. The van der Waals surface area contributed by atoms with Crippen LogP contribution in [-0.2, 0) is 6.42 Å². The lowest BCUT2D eigenvalue weighted by Crippen LogP contribution is -2.31. The number of thiophene rings is 1. The summed E-state index contributed by atoms with van der Waals surface area (Å²) in [7, 11) is 0. The molecule has 3 nitrogen and oxygen atoms in total. The molecule has 2 aromatic heterocycles. The zero-order chi connectivity index (χ0) is 12.5. The number of rotatable bonds is 3. The second-order valence-corrected chi connectivity index (χ2v) is 5.82. The quantitative estimate of drug-likeness (QED) is 0.671. The zero-order valence-electron chi connectivity index (χ0n) is 9.77.